The van der Waals surface area contributed by atoms with E-state index in [4.69, 9.17) is 0 Å². The quantitative estimate of drug-likeness (QED) is 0.774. The highest BCUT2D eigenvalue weighted by atomic mass is 19.4. The van der Waals surface area contributed by atoms with E-state index in [-0.39, 0.29) is 5.69 Å². The summed E-state index contributed by atoms with van der Waals surface area (Å²) >= 11 is 0. The highest BCUT2D eigenvalue weighted by Crippen LogP contribution is 2.38. The number of anilines is 1. The van der Waals surface area contributed by atoms with E-state index >= 15 is 0 Å². The zero-order valence-corrected chi connectivity index (χ0v) is 12.5. The average Bonchev–Trinajstić information content (AvgIpc) is 3.17. The summed E-state index contributed by atoms with van der Waals surface area (Å²) in [5, 5.41) is 7.58. The molecule has 1 aliphatic heterocycles. The Balaban J connectivity index is 1.93. The summed E-state index contributed by atoms with van der Waals surface area (Å²) in [5.74, 6) is 0.604. The van der Waals surface area contributed by atoms with Crippen molar-refractivity contribution in [1.29, 1.82) is 0 Å². The average molecular weight is 330 g/mol. The Morgan fingerprint density at radius 1 is 1.04 bits per heavy atom. The minimum absolute atomic E-state index is 0.0119. The molecule has 3 heterocycles. The lowest BCUT2D eigenvalue weighted by molar-refractivity contribution is -0.137. The van der Waals surface area contributed by atoms with Crippen molar-refractivity contribution in [2.45, 2.75) is 12.6 Å². The molecule has 24 heavy (non-hydrogen) atoms. The van der Waals surface area contributed by atoms with Gasteiger partial charge in [-0.25, -0.2) is 4.68 Å². The van der Waals surface area contributed by atoms with Gasteiger partial charge in [-0.15, -0.1) is 0 Å². The smallest absolute Gasteiger partial charge is 0.369 e. The molecule has 0 radical (unpaired) electrons. The molecular weight excluding hydrogens is 317 g/mol. The minimum Gasteiger partial charge on any atom is -0.369 e. The second kappa shape index (κ2) is 5.36. The van der Waals surface area contributed by atoms with Crippen molar-refractivity contribution in [1.82, 2.24) is 14.8 Å². The Labute approximate surface area is 136 Å². The van der Waals surface area contributed by atoms with Gasteiger partial charge < -0.3 is 5.32 Å². The molecule has 0 saturated carbocycles. The van der Waals surface area contributed by atoms with Gasteiger partial charge in [0.15, 0.2) is 0 Å². The standard InChI is InChI=1S/C17H13F3N4/c18-17(19,20)12-5-1-2-7-14(12)24-16-11(8-10-22-16)15(23-24)13-6-3-4-9-21-13/h1-7,9,22H,8,10H2. The fraction of sp³-hybridized carbons (Fsp3) is 0.176. The number of alkyl halides is 3. The molecule has 0 amide bonds. The molecule has 0 fully saturated rings. The maximum absolute atomic E-state index is 13.3. The first-order valence-electron chi connectivity index (χ1n) is 7.49. The molecule has 0 atom stereocenters. The predicted octanol–water partition coefficient (Wildman–Crippen LogP) is 3.92. The number of nitrogens with one attached hydrogen (secondary N) is 1. The second-order valence-corrected chi connectivity index (χ2v) is 5.49. The maximum atomic E-state index is 13.3. The number of hydrogen-bond acceptors (Lipinski definition) is 3. The predicted molar refractivity (Wildman–Crippen MR) is 84.0 cm³/mol. The zero-order valence-electron chi connectivity index (χ0n) is 12.5. The number of benzene rings is 1. The molecule has 4 nitrogen and oxygen atoms in total. The third-order valence-corrected chi connectivity index (χ3v) is 4.00. The van der Waals surface area contributed by atoms with Crippen LogP contribution in [0.15, 0.2) is 48.7 Å². The minimum atomic E-state index is -4.45. The van der Waals surface area contributed by atoms with E-state index in [1.807, 2.05) is 6.07 Å². The molecule has 0 unspecified atom stereocenters. The Morgan fingerprint density at radius 3 is 2.58 bits per heavy atom. The first-order valence-corrected chi connectivity index (χ1v) is 7.49. The second-order valence-electron chi connectivity index (χ2n) is 5.49. The molecule has 3 aromatic rings. The van der Waals surface area contributed by atoms with Crippen molar-refractivity contribution in [3.63, 3.8) is 0 Å². The Morgan fingerprint density at radius 2 is 1.83 bits per heavy atom. The normalized spacial score (nSPS) is 13.6. The van der Waals surface area contributed by atoms with Gasteiger partial charge in [-0.3, -0.25) is 4.98 Å². The third kappa shape index (κ3) is 2.33. The van der Waals surface area contributed by atoms with E-state index in [1.165, 1.54) is 16.8 Å². The summed E-state index contributed by atoms with van der Waals surface area (Å²) < 4.78 is 41.4. The monoisotopic (exact) mass is 330 g/mol. The van der Waals surface area contributed by atoms with Gasteiger partial charge in [0.25, 0.3) is 0 Å². The molecule has 2 aromatic heterocycles. The first-order chi connectivity index (χ1) is 11.6. The van der Waals surface area contributed by atoms with Crippen LogP contribution in [0.4, 0.5) is 19.0 Å². The van der Waals surface area contributed by atoms with Gasteiger partial charge in [-0.2, -0.15) is 18.3 Å². The van der Waals surface area contributed by atoms with Crippen LogP contribution in [-0.4, -0.2) is 21.3 Å². The summed E-state index contributed by atoms with van der Waals surface area (Å²) in [6.07, 6.45) is -2.10. The van der Waals surface area contributed by atoms with Crippen LogP contribution in [0.3, 0.4) is 0 Å². The van der Waals surface area contributed by atoms with Crippen LogP contribution in [0.1, 0.15) is 11.1 Å². The molecule has 0 saturated heterocycles. The van der Waals surface area contributed by atoms with Crippen molar-refractivity contribution >= 4 is 5.82 Å². The van der Waals surface area contributed by atoms with Gasteiger partial charge in [-0.1, -0.05) is 18.2 Å². The highest BCUT2D eigenvalue weighted by Gasteiger charge is 2.35. The van der Waals surface area contributed by atoms with E-state index in [0.717, 1.165) is 11.6 Å². The van der Waals surface area contributed by atoms with Crippen molar-refractivity contribution in [3.8, 4) is 17.1 Å². The lowest BCUT2D eigenvalue weighted by atomic mass is 10.1. The lowest BCUT2D eigenvalue weighted by Gasteiger charge is -2.14. The summed E-state index contributed by atoms with van der Waals surface area (Å²) in [5.41, 5.74) is 1.47. The van der Waals surface area contributed by atoms with Gasteiger partial charge in [0.1, 0.15) is 11.5 Å². The molecule has 7 heteroatoms. The van der Waals surface area contributed by atoms with Gasteiger partial charge in [0, 0.05) is 18.3 Å². The fourth-order valence-electron chi connectivity index (χ4n) is 2.96. The molecule has 0 aliphatic carbocycles. The van der Waals surface area contributed by atoms with E-state index in [9.17, 15) is 13.2 Å². The zero-order chi connectivity index (χ0) is 16.7. The molecule has 1 aromatic carbocycles. The van der Waals surface area contributed by atoms with Gasteiger partial charge in [0.2, 0.25) is 0 Å². The largest absolute Gasteiger partial charge is 0.418 e. The highest BCUT2D eigenvalue weighted by molar-refractivity contribution is 5.71. The van der Waals surface area contributed by atoms with Crippen LogP contribution in [-0.2, 0) is 12.6 Å². The number of halogens is 3. The van der Waals surface area contributed by atoms with Gasteiger partial charge in [-0.05, 0) is 30.7 Å². The first kappa shape index (κ1) is 14.7. The maximum Gasteiger partial charge on any atom is 0.418 e. The number of aromatic nitrogens is 3. The number of fused-ring (bicyclic) bond motifs is 1. The van der Waals surface area contributed by atoms with E-state index in [2.05, 4.69) is 15.4 Å². The van der Waals surface area contributed by atoms with Crippen molar-refractivity contribution in [3.05, 3.63) is 59.8 Å². The van der Waals surface area contributed by atoms with Crippen molar-refractivity contribution in [2.24, 2.45) is 0 Å². The van der Waals surface area contributed by atoms with Crippen LogP contribution >= 0.6 is 0 Å². The van der Waals surface area contributed by atoms with Crippen LogP contribution in [0.5, 0.6) is 0 Å². The molecule has 4 rings (SSSR count). The Hall–Kier alpha value is -2.83. The fourth-order valence-corrected chi connectivity index (χ4v) is 2.96. The van der Waals surface area contributed by atoms with Crippen LogP contribution in [0.25, 0.3) is 17.1 Å². The van der Waals surface area contributed by atoms with E-state index < -0.39 is 11.7 Å². The molecule has 0 bridgehead atoms. The lowest BCUT2D eigenvalue weighted by Crippen LogP contribution is -2.13. The van der Waals surface area contributed by atoms with E-state index in [0.29, 0.717) is 30.2 Å². The SMILES string of the molecule is FC(F)(F)c1ccccc1-n1nc(-c2ccccn2)c2c1NCC2. The number of pyridine rings is 1. The van der Waals surface area contributed by atoms with Crippen molar-refractivity contribution < 1.29 is 13.2 Å². The summed E-state index contributed by atoms with van der Waals surface area (Å²) in [4.78, 5) is 4.28. The van der Waals surface area contributed by atoms with Gasteiger partial charge >= 0.3 is 6.18 Å². The molecular formula is C17H13F3N4. The van der Waals surface area contributed by atoms with Crippen molar-refractivity contribution in [2.75, 3.05) is 11.9 Å². The topological polar surface area (TPSA) is 42.7 Å². The van der Waals surface area contributed by atoms with Crippen LogP contribution < -0.4 is 5.32 Å². The third-order valence-electron chi connectivity index (χ3n) is 4.00. The van der Waals surface area contributed by atoms with Crippen LogP contribution in [0.2, 0.25) is 0 Å². The van der Waals surface area contributed by atoms with E-state index in [1.54, 1.807) is 24.4 Å². The van der Waals surface area contributed by atoms with Gasteiger partial charge in [0.05, 0.1) is 16.9 Å². The number of rotatable bonds is 2. The summed E-state index contributed by atoms with van der Waals surface area (Å²) in [7, 11) is 0. The molecule has 1 N–H and O–H groups in total. The molecule has 122 valence electrons. The number of para-hydroxylation sites is 1. The molecule has 0 spiro atoms. The Bertz CT molecular complexity index is 885. The van der Waals surface area contributed by atoms with Crippen LogP contribution in [0, 0.1) is 0 Å². The summed E-state index contributed by atoms with van der Waals surface area (Å²) in [6, 6.07) is 10.9. The Kier molecular flexibility index (Phi) is 3.30. The number of hydrogen-bond donors (Lipinski definition) is 1. The summed E-state index contributed by atoms with van der Waals surface area (Å²) in [6.45, 7) is 0.668. The number of nitrogens with zero attached hydrogens (tertiary/aromatic N) is 3. The molecule has 1 aliphatic rings.